The van der Waals surface area contributed by atoms with Gasteiger partial charge in [0.15, 0.2) is 11.5 Å². The van der Waals surface area contributed by atoms with Crippen molar-refractivity contribution in [1.82, 2.24) is 10.6 Å². The molecule has 0 bridgehead atoms. The Hall–Kier alpha value is -2.08. The van der Waals surface area contributed by atoms with Gasteiger partial charge in [0.25, 0.3) is 0 Å². The number of nitrogens with one attached hydrogen (secondary N) is 2. The van der Waals surface area contributed by atoms with E-state index >= 15 is 0 Å². The average Bonchev–Trinajstić information content (AvgIpc) is 2.65. The fourth-order valence-corrected chi connectivity index (χ4v) is 2.68. The van der Waals surface area contributed by atoms with Crippen molar-refractivity contribution in [3.63, 3.8) is 0 Å². The van der Waals surface area contributed by atoms with Gasteiger partial charge in [0, 0.05) is 31.7 Å². The Balaban J connectivity index is 1.96. The van der Waals surface area contributed by atoms with E-state index in [9.17, 15) is 5.11 Å². The molecule has 0 spiro atoms. The predicted octanol–water partition coefficient (Wildman–Crippen LogP) is 3.03. The molecule has 0 radical (unpaired) electrons. The zero-order valence-corrected chi connectivity index (χ0v) is 16.6. The highest BCUT2D eigenvalue weighted by atomic mass is 16.5. The third kappa shape index (κ3) is 7.59. The van der Waals surface area contributed by atoms with Gasteiger partial charge in [-0.3, -0.25) is 0 Å². The maximum atomic E-state index is 9.26. The zero-order chi connectivity index (χ0) is 19.5. The molecule has 3 N–H and O–H groups in total. The van der Waals surface area contributed by atoms with E-state index in [0.29, 0.717) is 26.3 Å². The number of aliphatic hydroxyl groups is 1. The molecule has 1 unspecified atom stereocenters. The van der Waals surface area contributed by atoms with Gasteiger partial charge < -0.3 is 25.2 Å². The summed E-state index contributed by atoms with van der Waals surface area (Å²) in [5.41, 5.74) is 3.44. The molecule has 0 heterocycles. The number of hydrogen-bond acceptors (Lipinski definition) is 5. The third-order valence-electron chi connectivity index (χ3n) is 4.10. The van der Waals surface area contributed by atoms with Crippen LogP contribution in [0.2, 0.25) is 0 Å². The van der Waals surface area contributed by atoms with Crippen LogP contribution in [0.15, 0.2) is 42.5 Å². The number of ether oxygens (including phenoxy) is 2. The molecular weight excluding hydrogens is 340 g/mol. The van der Waals surface area contributed by atoms with Crippen LogP contribution < -0.4 is 20.1 Å². The monoisotopic (exact) mass is 372 g/mol. The van der Waals surface area contributed by atoms with Gasteiger partial charge in [0.2, 0.25) is 0 Å². The lowest BCUT2D eigenvalue weighted by atomic mass is 10.1. The number of hydrogen-bond donors (Lipinski definition) is 3. The van der Waals surface area contributed by atoms with Crippen LogP contribution in [0.1, 0.15) is 30.5 Å². The zero-order valence-electron chi connectivity index (χ0n) is 16.6. The van der Waals surface area contributed by atoms with E-state index in [0.717, 1.165) is 35.7 Å². The lowest BCUT2D eigenvalue weighted by Gasteiger charge is -2.17. The summed E-state index contributed by atoms with van der Waals surface area (Å²) in [6.07, 6.45) is -0.324. The second-order valence-corrected chi connectivity index (χ2v) is 6.68. The second-order valence-electron chi connectivity index (χ2n) is 6.68. The Morgan fingerprint density at radius 2 is 1.74 bits per heavy atom. The van der Waals surface area contributed by atoms with Crippen LogP contribution in [0.3, 0.4) is 0 Å². The molecule has 2 aromatic carbocycles. The number of rotatable bonds is 12. The third-order valence-corrected chi connectivity index (χ3v) is 4.10. The molecule has 0 aromatic heterocycles. The molecule has 5 nitrogen and oxygen atoms in total. The number of para-hydroxylation sites is 1. The number of benzene rings is 2. The van der Waals surface area contributed by atoms with E-state index in [1.165, 1.54) is 5.56 Å². The summed E-state index contributed by atoms with van der Waals surface area (Å²) >= 11 is 0. The predicted molar refractivity (Wildman–Crippen MR) is 109 cm³/mol. The molecule has 5 heteroatoms. The van der Waals surface area contributed by atoms with Crippen molar-refractivity contribution in [3.8, 4) is 11.5 Å². The Kier molecular flexibility index (Phi) is 9.11. The van der Waals surface area contributed by atoms with Crippen molar-refractivity contribution in [2.45, 2.75) is 40.0 Å². The lowest BCUT2D eigenvalue weighted by molar-refractivity contribution is 0.191. The van der Waals surface area contributed by atoms with Crippen LogP contribution in [0.4, 0.5) is 0 Å². The summed E-state index contributed by atoms with van der Waals surface area (Å²) in [6.45, 7) is 9.84. The van der Waals surface area contributed by atoms with Gasteiger partial charge in [0.05, 0.1) is 12.7 Å². The summed E-state index contributed by atoms with van der Waals surface area (Å²) < 4.78 is 11.9. The Labute approximate surface area is 162 Å². The Bertz CT molecular complexity index is 672. The lowest BCUT2D eigenvalue weighted by Crippen LogP contribution is -2.31. The largest absolute Gasteiger partial charge is 0.490 e. The highest BCUT2D eigenvalue weighted by Crippen LogP contribution is 2.32. The summed E-state index contributed by atoms with van der Waals surface area (Å²) in [5, 5.41) is 15.9. The molecule has 1 atom stereocenters. The minimum atomic E-state index is -0.324. The van der Waals surface area contributed by atoms with Crippen molar-refractivity contribution in [2.75, 3.05) is 26.2 Å². The molecule has 0 aliphatic heterocycles. The standard InChI is InChI=1S/C22H32N2O3/c1-4-26-21-7-5-6-20(15-24-13-12-23-14-18(3)25)22(21)27-16-19-10-8-17(2)9-11-19/h5-11,18,23-25H,4,12-16H2,1-3H3. The van der Waals surface area contributed by atoms with Gasteiger partial charge >= 0.3 is 0 Å². The highest BCUT2D eigenvalue weighted by molar-refractivity contribution is 5.46. The molecule has 2 rings (SSSR count). The first-order valence-corrected chi connectivity index (χ1v) is 9.62. The van der Waals surface area contributed by atoms with Crippen LogP contribution in [-0.4, -0.2) is 37.5 Å². The summed E-state index contributed by atoms with van der Waals surface area (Å²) in [5.74, 6) is 1.57. The van der Waals surface area contributed by atoms with E-state index < -0.39 is 0 Å². The molecule has 148 valence electrons. The van der Waals surface area contributed by atoms with Gasteiger partial charge in [-0.25, -0.2) is 0 Å². The molecule has 0 fully saturated rings. The quantitative estimate of drug-likeness (QED) is 0.500. The van der Waals surface area contributed by atoms with E-state index in [2.05, 4.69) is 47.9 Å². The van der Waals surface area contributed by atoms with Crippen molar-refractivity contribution in [1.29, 1.82) is 0 Å². The van der Waals surface area contributed by atoms with Crippen LogP contribution >= 0.6 is 0 Å². The summed E-state index contributed by atoms with van der Waals surface area (Å²) in [6, 6.07) is 14.4. The van der Waals surface area contributed by atoms with Gasteiger partial charge in [-0.1, -0.05) is 42.0 Å². The van der Waals surface area contributed by atoms with Crippen molar-refractivity contribution < 1.29 is 14.6 Å². The van der Waals surface area contributed by atoms with E-state index in [1.54, 1.807) is 6.92 Å². The van der Waals surface area contributed by atoms with Crippen LogP contribution in [0, 0.1) is 6.92 Å². The molecular formula is C22H32N2O3. The first-order chi connectivity index (χ1) is 13.1. The SMILES string of the molecule is CCOc1cccc(CNCCNCC(C)O)c1OCc1ccc(C)cc1. The molecule has 0 saturated carbocycles. The van der Waals surface area contributed by atoms with Gasteiger partial charge in [-0.05, 0) is 32.4 Å². The molecule has 0 saturated heterocycles. The fourth-order valence-electron chi connectivity index (χ4n) is 2.68. The molecule has 0 amide bonds. The van der Waals surface area contributed by atoms with Crippen LogP contribution in [0.25, 0.3) is 0 Å². The van der Waals surface area contributed by atoms with Crippen molar-refractivity contribution >= 4 is 0 Å². The normalized spacial score (nSPS) is 12.0. The first kappa shape index (κ1) is 21.2. The summed E-state index contributed by atoms with van der Waals surface area (Å²) in [4.78, 5) is 0. The molecule has 0 aliphatic rings. The summed E-state index contributed by atoms with van der Waals surface area (Å²) in [7, 11) is 0. The van der Waals surface area contributed by atoms with Crippen molar-refractivity contribution in [2.24, 2.45) is 0 Å². The van der Waals surface area contributed by atoms with Crippen LogP contribution in [-0.2, 0) is 13.2 Å². The molecule has 27 heavy (non-hydrogen) atoms. The molecule has 0 aliphatic carbocycles. The Morgan fingerprint density at radius 3 is 2.44 bits per heavy atom. The first-order valence-electron chi connectivity index (χ1n) is 9.62. The highest BCUT2D eigenvalue weighted by Gasteiger charge is 2.11. The topological polar surface area (TPSA) is 62.8 Å². The Morgan fingerprint density at radius 1 is 1.00 bits per heavy atom. The fraction of sp³-hybridized carbons (Fsp3) is 0.455. The van der Waals surface area contributed by atoms with Crippen LogP contribution in [0.5, 0.6) is 11.5 Å². The number of aryl methyl sites for hydroxylation is 1. The average molecular weight is 373 g/mol. The molecule has 2 aromatic rings. The minimum Gasteiger partial charge on any atom is -0.490 e. The van der Waals surface area contributed by atoms with E-state index in [4.69, 9.17) is 9.47 Å². The van der Waals surface area contributed by atoms with Crippen molar-refractivity contribution in [3.05, 3.63) is 59.2 Å². The van der Waals surface area contributed by atoms with E-state index in [-0.39, 0.29) is 6.10 Å². The number of aliphatic hydroxyl groups excluding tert-OH is 1. The van der Waals surface area contributed by atoms with Gasteiger partial charge in [-0.2, -0.15) is 0 Å². The van der Waals surface area contributed by atoms with E-state index in [1.807, 2.05) is 19.1 Å². The van der Waals surface area contributed by atoms with Gasteiger partial charge in [-0.15, -0.1) is 0 Å². The smallest absolute Gasteiger partial charge is 0.166 e. The minimum absolute atomic E-state index is 0.324. The van der Waals surface area contributed by atoms with Gasteiger partial charge in [0.1, 0.15) is 6.61 Å². The second kappa shape index (κ2) is 11.6. The maximum Gasteiger partial charge on any atom is 0.166 e. The maximum absolute atomic E-state index is 9.26.